The third-order valence-electron chi connectivity index (χ3n) is 6.40. The molecule has 0 saturated carbocycles. The van der Waals surface area contributed by atoms with Crippen LogP contribution in [-0.2, 0) is 22.9 Å². The lowest BCUT2D eigenvalue weighted by molar-refractivity contribution is 0.0692. The molecule has 3 aromatic rings. The number of sulfonamides is 1. The molecule has 2 aromatic heterocycles. The summed E-state index contributed by atoms with van der Waals surface area (Å²) in [6.45, 7) is 3.26. The van der Waals surface area contributed by atoms with E-state index in [9.17, 15) is 13.2 Å². The lowest BCUT2D eigenvalue weighted by Gasteiger charge is -2.33. The predicted octanol–water partition coefficient (Wildman–Crippen LogP) is 2.67. The summed E-state index contributed by atoms with van der Waals surface area (Å²) < 4.78 is 29.8. The van der Waals surface area contributed by atoms with Gasteiger partial charge >= 0.3 is 0 Å². The zero-order valence-electron chi connectivity index (χ0n) is 17.6. The van der Waals surface area contributed by atoms with Gasteiger partial charge in [0.05, 0.1) is 4.90 Å². The number of benzene rings is 1. The largest absolute Gasteiger partial charge is 0.335 e. The van der Waals surface area contributed by atoms with Crippen LogP contribution in [0.15, 0.2) is 47.5 Å². The molecule has 0 bridgehead atoms. The third kappa shape index (κ3) is 3.64. The summed E-state index contributed by atoms with van der Waals surface area (Å²) in [6.07, 6.45) is 6.00. The monoisotopic (exact) mass is 438 g/mol. The number of fused-ring (bicyclic) bond motifs is 2. The topological polar surface area (TPSA) is 75.0 Å². The van der Waals surface area contributed by atoms with Crippen LogP contribution in [0.5, 0.6) is 0 Å². The molecule has 7 nitrogen and oxygen atoms in total. The van der Waals surface area contributed by atoms with Gasteiger partial charge in [-0.05, 0) is 68.0 Å². The fraction of sp³-hybridized carbons (Fsp3) is 0.391. The first kappa shape index (κ1) is 20.2. The zero-order valence-corrected chi connectivity index (χ0v) is 18.4. The van der Waals surface area contributed by atoms with Crippen molar-refractivity contribution < 1.29 is 13.2 Å². The van der Waals surface area contributed by atoms with Crippen molar-refractivity contribution in [3.8, 4) is 0 Å². The Bertz CT molecular complexity index is 1260. The molecule has 1 fully saturated rings. The molecule has 0 atom stereocenters. The first-order chi connectivity index (χ1) is 14.9. The molecule has 1 amide bonds. The second-order valence-electron chi connectivity index (χ2n) is 8.36. The van der Waals surface area contributed by atoms with Gasteiger partial charge in [-0.2, -0.15) is 4.31 Å². The summed E-state index contributed by atoms with van der Waals surface area (Å²) in [5, 5.41) is 0. The first-order valence-corrected chi connectivity index (χ1v) is 12.2. The SMILES string of the molecule is Cc1cccc2nc(C(=O)N3CCN(S(=O)(=O)c4ccc5c(c4)CCCC5)CC3)cn12. The van der Waals surface area contributed by atoms with Crippen LogP contribution in [0.1, 0.15) is 40.2 Å². The summed E-state index contributed by atoms with van der Waals surface area (Å²) in [5.74, 6) is -0.158. The summed E-state index contributed by atoms with van der Waals surface area (Å²) in [5.41, 5.74) is 4.55. The van der Waals surface area contributed by atoms with E-state index < -0.39 is 10.0 Å². The molecule has 0 N–H and O–H groups in total. The summed E-state index contributed by atoms with van der Waals surface area (Å²) in [7, 11) is -3.56. The zero-order chi connectivity index (χ0) is 21.6. The highest BCUT2D eigenvalue weighted by Gasteiger charge is 2.31. The van der Waals surface area contributed by atoms with Gasteiger partial charge in [0, 0.05) is 38.1 Å². The molecule has 1 saturated heterocycles. The van der Waals surface area contributed by atoms with Gasteiger partial charge in [-0.15, -0.1) is 0 Å². The molecular weight excluding hydrogens is 412 g/mol. The van der Waals surface area contributed by atoms with Crippen molar-refractivity contribution in [1.82, 2.24) is 18.6 Å². The normalized spacial score (nSPS) is 17.6. The Labute approximate surface area is 182 Å². The van der Waals surface area contributed by atoms with Crippen molar-refractivity contribution in [3.63, 3.8) is 0 Å². The number of hydrogen-bond acceptors (Lipinski definition) is 4. The molecule has 5 rings (SSSR count). The number of imidazole rings is 1. The van der Waals surface area contributed by atoms with E-state index in [-0.39, 0.29) is 19.0 Å². The van der Waals surface area contributed by atoms with E-state index in [0.29, 0.717) is 23.7 Å². The van der Waals surface area contributed by atoms with E-state index in [4.69, 9.17) is 0 Å². The van der Waals surface area contributed by atoms with Gasteiger partial charge in [-0.3, -0.25) is 4.79 Å². The molecule has 0 spiro atoms. The van der Waals surface area contributed by atoms with Crippen LogP contribution in [-0.4, -0.2) is 59.1 Å². The van der Waals surface area contributed by atoms with Gasteiger partial charge in [0.25, 0.3) is 5.91 Å². The van der Waals surface area contributed by atoms with E-state index in [2.05, 4.69) is 4.98 Å². The minimum atomic E-state index is -3.56. The van der Waals surface area contributed by atoms with Gasteiger partial charge in [0.1, 0.15) is 11.3 Å². The second-order valence-corrected chi connectivity index (χ2v) is 10.3. The number of piperazine rings is 1. The predicted molar refractivity (Wildman–Crippen MR) is 118 cm³/mol. The second kappa shape index (κ2) is 7.76. The van der Waals surface area contributed by atoms with Gasteiger partial charge in [-0.1, -0.05) is 12.1 Å². The first-order valence-electron chi connectivity index (χ1n) is 10.8. The highest BCUT2D eigenvalue weighted by Crippen LogP contribution is 2.26. The standard InChI is InChI=1S/C23H26N4O3S/c1-17-5-4-8-22-24-21(16-27(17)22)23(28)25-11-13-26(14-12-25)31(29,30)20-10-9-18-6-2-3-7-19(18)15-20/h4-5,8-10,15-16H,2-3,6-7,11-14H2,1H3. The number of carbonyl (C=O) groups is 1. The molecule has 0 unspecified atom stereocenters. The minimum Gasteiger partial charge on any atom is -0.335 e. The fourth-order valence-electron chi connectivity index (χ4n) is 4.56. The maximum Gasteiger partial charge on any atom is 0.274 e. The molecule has 162 valence electrons. The van der Waals surface area contributed by atoms with Gasteiger partial charge < -0.3 is 9.30 Å². The van der Waals surface area contributed by atoms with Gasteiger partial charge in [-0.25, -0.2) is 13.4 Å². The minimum absolute atomic E-state index is 0.158. The Hall–Kier alpha value is -2.71. The van der Waals surface area contributed by atoms with Crippen LogP contribution in [0.2, 0.25) is 0 Å². The quantitative estimate of drug-likeness (QED) is 0.630. The number of carbonyl (C=O) groups excluding carboxylic acids is 1. The van der Waals surface area contributed by atoms with E-state index in [0.717, 1.165) is 36.2 Å². The molecule has 3 heterocycles. The van der Waals surface area contributed by atoms with Crippen LogP contribution in [0, 0.1) is 6.92 Å². The van der Waals surface area contributed by atoms with Crippen molar-refractivity contribution in [2.75, 3.05) is 26.2 Å². The maximum absolute atomic E-state index is 13.2. The average Bonchev–Trinajstić information content (AvgIpc) is 3.24. The van der Waals surface area contributed by atoms with E-state index in [1.54, 1.807) is 17.2 Å². The molecule has 31 heavy (non-hydrogen) atoms. The van der Waals surface area contributed by atoms with Crippen molar-refractivity contribution in [1.29, 1.82) is 0 Å². The molecule has 1 aliphatic heterocycles. The molecular formula is C23H26N4O3S. The highest BCUT2D eigenvalue weighted by atomic mass is 32.2. The number of amides is 1. The van der Waals surface area contributed by atoms with Crippen molar-refractivity contribution in [3.05, 3.63) is 65.1 Å². The third-order valence-corrected chi connectivity index (χ3v) is 8.29. The number of hydrogen-bond donors (Lipinski definition) is 0. The number of aromatic nitrogens is 2. The van der Waals surface area contributed by atoms with Gasteiger partial charge in [0.2, 0.25) is 10.0 Å². The Morgan fingerprint density at radius 3 is 2.45 bits per heavy atom. The van der Waals surface area contributed by atoms with Gasteiger partial charge in [0.15, 0.2) is 0 Å². The Balaban J connectivity index is 1.30. The molecule has 1 aromatic carbocycles. The number of aryl methyl sites for hydroxylation is 3. The van der Waals surface area contributed by atoms with Crippen molar-refractivity contribution in [2.24, 2.45) is 0 Å². The van der Waals surface area contributed by atoms with E-state index in [1.807, 2.05) is 41.7 Å². The summed E-state index contributed by atoms with van der Waals surface area (Å²) >= 11 is 0. The number of rotatable bonds is 3. The van der Waals surface area contributed by atoms with Crippen LogP contribution in [0.4, 0.5) is 0 Å². The molecule has 2 aliphatic rings. The van der Waals surface area contributed by atoms with Crippen molar-refractivity contribution >= 4 is 21.6 Å². The Morgan fingerprint density at radius 2 is 1.71 bits per heavy atom. The molecule has 1 aliphatic carbocycles. The van der Waals surface area contributed by atoms with Crippen molar-refractivity contribution in [2.45, 2.75) is 37.5 Å². The smallest absolute Gasteiger partial charge is 0.274 e. The maximum atomic E-state index is 13.2. The Kier molecular flexibility index (Phi) is 5.06. The summed E-state index contributed by atoms with van der Waals surface area (Å²) in [6, 6.07) is 11.3. The molecule has 0 radical (unpaired) electrons. The number of pyridine rings is 1. The lowest BCUT2D eigenvalue weighted by Crippen LogP contribution is -2.50. The van der Waals surface area contributed by atoms with E-state index >= 15 is 0 Å². The highest BCUT2D eigenvalue weighted by molar-refractivity contribution is 7.89. The van der Waals surface area contributed by atoms with Crippen LogP contribution < -0.4 is 0 Å². The van der Waals surface area contributed by atoms with Crippen LogP contribution in [0.3, 0.4) is 0 Å². The lowest BCUT2D eigenvalue weighted by atomic mass is 9.92. The fourth-order valence-corrected chi connectivity index (χ4v) is 6.04. The van der Waals surface area contributed by atoms with Crippen LogP contribution >= 0.6 is 0 Å². The van der Waals surface area contributed by atoms with E-state index in [1.165, 1.54) is 16.3 Å². The molecule has 8 heteroatoms. The Morgan fingerprint density at radius 1 is 0.968 bits per heavy atom. The van der Waals surface area contributed by atoms with Crippen LogP contribution in [0.25, 0.3) is 5.65 Å². The number of nitrogens with zero attached hydrogens (tertiary/aromatic N) is 4. The average molecular weight is 439 g/mol. The summed E-state index contributed by atoms with van der Waals surface area (Å²) in [4.78, 5) is 19.4.